The summed E-state index contributed by atoms with van der Waals surface area (Å²) in [5, 5.41) is 0. The maximum Gasteiger partial charge on any atom is 0.338 e. The Balaban J connectivity index is 1.23. The van der Waals surface area contributed by atoms with Crippen LogP contribution in [-0.2, 0) is 22.5 Å². The molecule has 2 aliphatic rings. The Hall–Kier alpha value is -4.04. The van der Waals surface area contributed by atoms with E-state index in [1.54, 1.807) is 12.4 Å². The molecule has 2 aliphatic heterocycles. The van der Waals surface area contributed by atoms with E-state index in [0.717, 1.165) is 87.5 Å². The molecule has 5 rings (SSSR count). The second kappa shape index (κ2) is 14.8. The van der Waals surface area contributed by atoms with Crippen molar-refractivity contribution in [2.24, 2.45) is 0 Å². The van der Waals surface area contributed by atoms with Gasteiger partial charge < -0.3 is 14.5 Å². The highest BCUT2D eigenvalue weighted by molar-refractivity contribution is 5.89. The number of amides is 1. The van der Waals surface area contributed by atoms with Gasteiger partial charge in [-0.15, -0.1) is 0 Å². The van der Waals surface area contributed by atoms with Crippen molar-refractivity contribution in [1.29, 1.82) is 0 Å². The van der Waals surface area contributed by atoms with Gasteiger partial charge in [-0.05, 0) is 82.7 Å². The van der Waals surface area contributed by atoms with Gasteiger partial charge in [-0.3, -0.25) is 9.69 Å². The molecular weight excluding hydrogens is 562 g/mol. The maximum absolute atomic E-state index is 13.3. The molecule has 45 heavy (non-hydrogen) atoms. The highest BCUT2D eigenvalue weighted by Crippen LogP contribution is 2.34. The minimum atomic E-state index is -0.333. The summed E-state index contributed by atoms with van der Waals surface area (Å²) < 4.78 is 5.23. The van der Waals surface area contributed by atoms with Crippen LogP contribution < -0.4 is 4.90 Å². The van der Waals surface area contributed by atoms with Crippen molar-refractivity contribution in [3.63, 3.8) is 0 Å². The van der Waals surface area contributed by atoms with Crippen LogP contribution in [0, 0.1) is 13.8 Å². The number of esters is 1. The smallest absolute Gasteiger partial charge is 0.338 e. The first kappa shape index (κ1) is 32.4. The molecule has 0 bridgehead atoms. The molecule has 1 unspecified atom stereocenters. The van der Waals surface area contributed by atoms with Crippen molar-refractivity contribution in [2.45, 2.75) is 77.4 Å². The Morgan fingerprint density at radius 3 is 2.33 bits per heavy atom. The predicted molar refractivity (Wildman–Crippen MR) is 178 cm³/mol. The van der Waals surface area contributed by atoms with E-state index >= 15 is 0 Å². The third-order valence-corrected chi connectivity index (χ3v) is 9.75. The largest absolute Gasteiger partial charge is 0.458 e. The molecule has 8 nitrogen and oxygen atoms in total. The van der Waals surface area contributed by atoms with Gasteiger partial charge in [0.2, 0.25) is 5.91 Å². The molecule has 2 aromatic carbocycles. The fourth-order valence-corrected chi connectivity index (χ4v) is 6.90. The van der Waals surface area contributed by atoms with E-state index in [0.29, 0.717) is 18.0 Å². The Bertz CT molecular complexity index is 1430. The molecule has 1 atom stereocenters. The fraction of sp³-hybridized carbons (Fsp3) is 0.459. The molecule has 0 saturated carbocycles. The van der Waals surface area contributed by atoms with E-state index in [1.807, 2.05) is 38.1 Å². The van der Waals surface area contributed by atoms with Crippen LogP contribution >= 0.6 is 0 Å². The summed E-state index contributed by atoms with van der Waals surface area (Å²) in [5.41, 5.74) is 5.73. The summed E-state index contributed by atoms with van der Waals surface area (Å²) >= 11 is 0. The molecule has 1 amide bonds. The average molecular weight is 610 g/mol. The van der Waals surface area contributed by atoms with Crippen molar-refractivity contribution in [3.8, 4) is 0 Å². The number of aromatic nitrogens is 2. The zero-order chi connectivity index (χ0) is 31.8. The first-order valence-corrected chi connectivity index (χ1v) is 16.3. The number of rotatable bonds is 10. The zero-order valence-electron chi connectivity index (χ0n) is 27.1. The van der Waals surface area contributed by atoms with Crippen LogP contribution in [0.5, 0.6) is 0 Å². The quantitative estimate of drug-likeness (QED) is 0.209. The van der Waals surface area contributed by atoms with Crippen LogP contribution in [0.4, 0.5) is 5.69 Å². The first-order chi connectivity index (χ1) is 21.8. The lowest BCUT2D eigenvalue weighted by Gasteiger charge is -2.47. The molecule has 3 heterocycles. The number of anilines is 1. The minimum absolute atomic E-state index is 0.0688. The lowest BCUT2D eigenvalue weighted by molar-refractivity contribution is -0.130. The van der Waals surface area contributed by atoms with E-state index in [9.17, 15) is 9.59 Å². The van der Waals surface area contributed by atoms with E-state index in [2.05, 4.69) is 68.5 Å². The molecule has 3 aromatic rings. The summed E-state index contributed by atoms with van der Waals surface area (Å²) in [6.45, 7) is 14.6. The van der Waals surface area contributed by atoms with Gasteiger partial charge in [0.1, 0.15) is 12.9 Å². The van der Waals surface area contributed by atoms with Gasteiger partial charge in [-0.1, -0.05) is 43.0 Å². The van der Waals surface area contributed by atoms with Crippen molar-refractivity contribution >= 4 is 17.6 Å². The predicted octanol–water partition coefficient (Wildman–Crippen LogP) is 5.92. The number of hydrogen-bond donors (Lipinski definition) is 0. The lowest BCUT2D eigenvalue weighted by Crippen LogP contribution is -2.54. The monoisotopic (exact) mass is 609 g/mol. The number of piperidine rings is 1. The topological polar surface area (TPSA) is 78.9 Å². The molecule has 238 valence electrons. The molecule has 2 fully saturated rings. The van der Waals surface area contributed by atoms with Crippen LogP contribution in [0.2, 0.25) is 0 Å². The van der Waals surface area contributed by atoms with Gasteiger partial charge in [0.05, 0.1) is 12.0 Å². The summed E-state index contributed by atoms with van der Waals surface area (Å²) in [6, 6.07) is 18.8. The second-order valence-corrected chi connectivity index (χ2v) is 12.7. The van der Waals surface area contributed by atoms with E-state index in [1.165, 1.54) is 5.56 Å². The van der Waals surface area contributed by atoms with Crippen molar-refractivity contribution in [3.05, 3.63) is 102 Å². The average Bonchev–Trinajstić information content (AvgIpc) is 3.27. The fourth-order valence-electron chi connectivity index (χ4n) is 6.90. The third kappa shape index (κ3) is 7.98. The number of hydrogen-bond acceptors (Lipinski definition) is 7. The van der Waals surface area contributed by atoms with Gasteiger partial charge in [-0.25, -0.2) is 14.8 Å². The summed E-state index contributed by atoms with van der Waals surface area (Å²) in [4.78, 5) is 41.6. The van der Waals surface area contributed by atoms with Gasteiger partial charge >= 0.3 is 5.97 Å². The SMILES string of the molecule is C=CCOC(=O)c1ccc(N(Cc2ccccc2)C2CCN(C3(C)CCCN(C(=O)Cc4c(C)ncnc4C)CC3)CC2)cc1. The number of benzene rings is 2. The van der Waals surface area contributed by atoms with Crippen LogP contribution in [0.1, 0.15) is 71.9 Å². The summed E-state index contributed by atoms with van der Waals surface area (Å²) in [5.74, 6) is -0.156. The van der Waals surface area contributed by atoms with Gasteiger partial charge in [0.25, 0.3) is 0 Å². The number of carbonyl (C=O) groups excluding carboxylic acids is 2. The highest BCUT2D eigenvalue weighted by atomic mass is 16.5. The zero-order valence-corrected chi connectivity index (χ0v) is 27.1. The first-order valence-electron chi connectivity index (χ1n) is 16.3. The van der Waals surface area contributed by atoms with Gasteiger partial charge in [0.15, 0.2) is 0 Å². The molecule has 2 saturated heterocycles. The van der Waals surface area contributed by atoms with Crippen LogP contribution in [0.25, 0.3) is 0 Å². The second-order valence-electron chi connectivity index (χ2n) is 12.7. The standard InChI is InChI=1S/C37H47N5O3/c1-5-24-45-36(44)31-12-14-32(15-13-31)42(26-30-10-7-6-8-11-30)33-16-21-41(22-17-33)37(4)18-9-20-40(23-19-37)35(43)25-34-28(2)38-27-39-29(34)3/h5-8,10-15,27,33H,1,9,16-26H2,2-4H3. The summed E-state index contributed by atoms with van der Waals surface area (Å²) in [7, 11) is 0. The van der Waals surface area contributed by atoms with Crippen molar-refractivity contribution in [2.75, 3.05) is 37.7 Å². The lowest BCUT2D eigenvalue weighted by atomic mass is 9.87. The van der Waals surface area contributed by atoms with E-state index in [-0.39, 0.29) is 24.0 Å². The van der Waals surface area contributed by atoms with Crippen molar-refractivity contribution in [1.82, 2.24) is 19.8 Å². The Kier molecular flexibility index (Phi) is 10.7. The Labute approximate surface area is 268 Å². The van der Waals surface area contributed by atoms with E-state index < -0.39 is 0 Å². The van der Waals surface area contributed by atoms with Crippen LogP contribution in [0.3, 0.4) is 0 Å². The number of carbonyl (C=O) groups is 2. The normalized spacial score (nSPS) is 19.5. The number of likely N-dealkylation sites (tertiary alicyclic amines) is 2. The summed E-state index contributed by atoms with van der Waals surface area (Å²) in [6.07, 6.45) is 8.70. The number of aryl methyl sites for hydroxylation is 2. The molecule has 0 radical (unpaired) electrons. The molecule has 0 N–H and O–H groups in total. The number of nitrogens with zero attached hydrogens (tertiary/aromatic N) is 5. The van der Waals surface area contributed by atoms with Crippen LogP contribution in [-0.4, -0.2) is 76.0 Å². The third-order valence-electron chi connectivity index (χ3n) is 9.75. The molecular formula is C37H47N5O3. The van der Waals surface area contributed by atoms with Gasteiger partial charge in [0, 0.05) is 66.9 Å². The minimum Gasteiger partial charge on any atom is -0.458 e. The molecule has 8 heteroatoms. The Morgan fingerprint density at radius 1 is 0.978 bits per heavy atom. The maximum atomic E-state index is 13.3. The van der Waals surface area contributed by atoms with Gasteiger partial charge in [-0.2, -0.15) is 0 Å². The molecule has 0 aliphatic carbocycles. The van der Waals surface area contributed by atoms with Crippen molar-refractivity contribution < 1.29 is 14.3 Å². The van der Waals surface area contributed by atoms with E-state index in [4.69, 9.17) is 4.74 Å². The molecule has 0 spiro atoms. The highest BCUT2D eigenvalue weighted by Gasteiger charge is 2.38. The van der Waals surface area contributed by atoms with Crippen LogP contribution in [0.15, 0.2) is 73.6 Å². The Morgan fingerprint density at radius 2 is 1.67 bits per heavy atom. The molecule has 1 aromatic heterocycles. The number of ether oxygens (including phenoxy) is 1.